The molecule has 1 unspecified atom stereocenters. The number of carboxylic acids is 1. The van der Waals surface area contributed by atoms with Gasteiger partial charge in [0.2, 0.25) is 15.9 Å². The monoisotopic (exact) mass is 236 g/mol. The first-order valence-electron chi connectivity index (χ1n) is 4.34. The Morgan fingerprint density at radius 2 is 2.20 bits per heavy atom. The molecule has 0 spiro atoms. The van der Waals surface area contributed by atoms with Crippen LogP contribution in [0, 0.1) is 0 Å². The Labute approximate surface area is 87.1 Å². The third kappa shape index (κ3) is 2.45. The van der Waals surface area contributed by atoms with Crippen LogP contribution >= 0.6 is 0 Å². The third-order valence-electron chi connectivity index (χ3n) is 2.16. The van der Waals surface area contributed by atoms with Crippen molar-refractivity contribution in [2.45, 2.75) is 12.2 Å². The quantitative estimate of drug-likeness (QED) is 0.603. The van der Waals surface area contributed by atoms with Gasteiger partial charge in [-0.05, 0) is 6.92 Å². The summed E-state index contributed by atoms with van der Waals surface area (Å²) < 4.78 is 24.2. The number of hydrogen-bond acceptors (Lipinski definition) is 4. The topological polar surface area (TPSA) is 104 Å². The number of hydrogen-bond donors (Lipinski definition) is 2. The Balaban J connectivity index is 2.86. The first-order chi connectivity index (χ1) is 6.85. The molecule has 0 aliphatic carbocycles. The zero-order valence-corrected chi connectivity index (χ0v) is 8.95. The van der Waals surface area contributed by atoms with Crippen molar-refractivity contribution in [3.63, 3.8) is 0 Å². The number of carboxylic acid groups (broad SMARTS) is 1. The molecular weight excluding hydrogens is 224 g/mol. The van der Waals surface area contributed by atoms with Crippen LogP contribution in [0.1, 0.15) is 6.92 Å². The normalized spacial score (nSPS) is 20.7. The molecule has 8 heteroatoms. The van der Waals surface area contributed by atoms with Crippen molar-refractivity contribution in [3.05, 3.63) is 0 Å². The molecular formula is C7H12N2O5S. The second-order valence-electron chi connectivity index (χ2n) is 3.21. The van der Waals surface area contributed by atoms with E-state index in [1.54, 1.807) is 0 Å². The zero-order valence-electron chi connectivity index (χ0n) is 8.13. The van der Waals surface area contributed by atoms with Crippen LogP contribution in [0.4, 0.5) is 0 Å². The number of sulfonamides is 1. The summed E-state index contributed by atoms with van der Waals surface area (Å²) in [6.07, 6.45) is 0. The molecule has 86 valence electrons. The molecule has 1 atom stereocenters. The number of piperazine rings is 1. The van der Waals surface area contributed by atoms with Crippen molar-refractivity contribution in [1.29, 1.82) is 0 Å². The lowest BCUT2D eigenvalue weighted by Gasteiger charge is -2.27. The molecule has 2 N–H and O–H groups in total. The molecule has 1 aliphatic heterocycles. The molecule has 1 fully saturated rings. The summed E-state index contributed by atoms with van der Waals surface area (Å²) in [5.74, 6) is -1.83. The van der Waals surface area contributed by atoms with Gasteiger partial charge in [0.05, 0.1) is 6.54 Å². The smallest absolute Gasteiger partial charge is 0.323 e. The molecule has 0 bridgehead atoms. The van der Waals surface area contributed by atoms with Crippen LogP contribution in [0.3, 0.4) is 0 Å². The SMILES string of the molecule is CC(C(=O)O)S(=O)(=O)N1CCNC(=O)C1. The summed E-state index contributed by atoms with van der Waals surface area (Å²) >= 11 is 0. The fourth-order valence-electron chi connectivity index (χ4n) is 1.18. The van der Waals surface area contributed by atoms with Gasteiger partial charge < -0.3 is 10.4 Å². The van der Waals surface area contributed by atoms with Crippen LogP contribution in [0.15, 0.2) is 0 Å². The molecule has 1 heterocycles. The molecule has 0 saturated carbocycles. The van der Waals surface area contributed by atoms with E-state index in [0.29, 0.717) is 0 Å². The largest absolute Gasteiger partial charge is 0.480 e. The van der Waals surface area contributed by atoms with Gasteiger partial charge >= 0.3 is 5.97 Å². The second-order valence-corrected chi connectivity index (χ2v) is 5.46. The van der Waals surface area contributed by atoms with Gasteiger partial charge in [-0.2, -0.15) is 4.31 Å². The summed E-state index contributed by atoms with van der Waals surface area (Å²) in [4.78, 5) is 21.5. The Morgan fingerprint density at radius 1 is 1.60 bits per heavy atom. The predicted molar refractivity (Wildman–Crippen MR) is 50.6 cm³/mol. The molecule has 0 aromatic heterocycles. The van der Waals surface area contributed by atoms with Crippen molar-refractivity contribution >= 4 is 21.9 Å². The lowest BCUT2D eigenvalue weighted by atomic mass is 10.4. The molecule has 1 saturated heterocycles. The van der Waals surface area contributed by atoms with Gasteiger partial charge in [-0.1, -0.05) is 0 Å². The molecule has 15 heavy (non-hydrogen) atoms. The standard InChI is InChI=1S/C7H12N2O5S/c1-5(7(11)12)15(13,14)9-3-2-8-6(10)4-9/h5H,2-4H2,1H3,(H,8,10)(H,11,12). The molecule has 1 rings (SSSR count). The number of carbonyl (C=O) groups excluding carboxylic acids is 1. The summed E-state index contributed by atoms with van der Waals surface area (Å²) in [6, 6.07) is 0. The van der Waals surface area contributed by atoms with Gasteiger partial charge in [0.1, 0.15) is 0 Å². The van der Waals surface area contributed by atoms with Crippen molar-refractivity contribution in [2.24, 2.45) is 0 Å². The van der Waals surface area contributed by atoms with Gasteiger partial charge in [-0.15, -0.1) is 0 Å². The maximum Gasteiger partial charge on any atom is 0.323 e. The second kappa shape index (κ2) is 4.15. The zero-order chi connectivity index (χ0) is 11.6. The number of aliphatic carboxylic acids is 1. The highest BCUT2D eigenvalue weighted by molar-refractivity contribution is 7.90. The average Bonchev–Trinajstić information content (AvgIpc) is 2.16. The van der Waals surface area contributed by atoms with Gasteiger partial charge in [0.15, 0.2) is 5.25 Å². The van der Waals surface area contributed by atoms with E-state index in [1.807, 2.05) is 0 Å². The first-order valence-corrected chi connectivity index (χ1v) is 5.84. The summed E-state index contributed by atoms with van der Waals surface area (Å²) in [5, 5.41) is 9.54. The highest BCUT2D eigenvalue weighted by Crippen LogP contribution is 2.10. The lowest BCUT2D eigenvalue weighted by Crippen LogP contribution is -2.52. The van der Waals surface area contributed by atoms with Gasteiger partial charge in [0, 0.05) is 13.1 Å². The van der Waals surface area contributed by atoms with Crippen LogP contribution < -0.4 is 5.32 Å². The number of nitrogens with zero attached hydrogens (tertiary/aromatic N) is 1. The van der Waals surface area contributed by atoms with E-state index < -0.39 is 27.1 Å². The first kappa shape index (κ1) is 11.9. The van der Waals surface area contributed by atoms with Crippen molar-refractivity contribution in [1.82, 2.24) is 9.62 Å². The van der Waals surface area contributed by atoms with E-state index in [2.05, 4.69) is 5.32 Å². The number of amides is 1. The van der Waals surface area contributed by atoms with E-state index in [1.165, 1.54) is 0 Å². The molecule has 0 aromatic rings. The van der Waals surface area contributed by atoms with Crippen LogP contribution in [0.2, 0.25) is 0 Å². The van der Waals surface area contributed by atoms with E-state index in [0.717, 1.165) is 11.2 Å². The van der Waals surface area contributed by atoms with E-state index >= 15 is 0 Å². The highest BCUT2D eigenvalue weighted by atomic mass is 32.2. The van der Waals surface area contributed by atoms with E-state index in [-0.39, 0.29) is 19.6 Å². The third-order valence-corrected chi connectivity index (χ3v) is 4.28. The van der Waals surface area contributed by atoms with Gasteiger partial charge in [-0.3, -0.25) is 9.59 Å². The summed E-state index contributed by atoms with van der Waals surface area (Å²) in [6.45, 7) is 1.11. The Kier molecular flexibility index (Phi) is 3.30. The Morgan fingerprint density at radius 3 is 2.67 bits per heavy atom. The van der Waals surface area contributed by atoms with Crippen molar-refractivity contribution in [3.8, 4) is 0 Å². The molecule has 0 aromatic carbocycles. The minimum atomic E-state index is -3.92. The van der Waals surface area contributed by atoms with Crippen molar-refractivity contribution in [2.75, 3.05) is 19.6 Å². The minimum absolute atomic E-state index is 0.117. The summed E-state index contributed by atoms with van der Waals surface area (Å²) in [5.41, 5.74) is 0. The van der Waals surface area contributed by atoms with Crippen LogP contribution in [0.5, 0.6) is 0 Å². The lowest BCUT2D eigenvalue weighted by molar-refractivity contribution is -0.136. The number of carbonyl (C=O) groups is 2. The Bertz CT molecular complexity index is 377. The molecule has 1 amide bonds. The van der Waals surface area contributed by atoms with Crippen LogP contribution in [0.25, 0.3) is 0 Å². The minimum Gasteiger partial charge on any atom is -0.480 e. The van der Waals surface area contributed by atoms with E-state index in [9.17, 15) is 18.0 Å². The van der Waals surface area contributed by atoms with Crippen LogP contribution in [-0.4, -0.2) is 54.6 Å². The highest BCUT2D eigenvalue weighted by Gasteiger charge is 2.36. The van der Waals surface area contributed by atoms with Crippen molar-refractivity contribution < 1.29 is 23.1 Å². The average molecular weight is 236 g/mol. The fraction of sp³-hybridized carbons (Fsp3) is 0.714. The van der Waals surface area contributed by atoms with Gasteiger partial charge in [0.25, 0.3) is 0 Å². The maximum atomic E-state index is 11.6. The Hall–Kier alpha value is -1.15. The fourth-order valence-corrected chi connectivity index (χ4v) is 2.53. The maximum absolute atomic E-state index is 11.6. The predicted octanol–water partition coefficient (Wildman–Crippen LogP) is -1.78. The van der Waals surface area contributed by atoms with Crippen LogP contribution in [-0.2, 0) is 19.6 Å². The van der Waals surface area contributed by atoms with E-state index in [4.69, 9.17) is 5.11 Å². The number of nitrogens with one attached hydrogen (secondary N) is 1. The molecule has 1 aliphatic rings. The number of rotatable bonds is 3. The summed E-state index contributed by atoms with van der Waals surface area (Å²) in [7, 11) is -3.92. The molecule has 7 nitrogen and oxygen atoms in total. The molecule has 0 radical (unpaired) electrons. The van der Waals surface area contributed by atoms with Gasteiger partial charge in [-0.25, -0.2) is 8.42 Å².